The van der Waals surface area contributed by atoms with Crippen LogP contribution in [0.25, 0.3) is 0 Å². The van der Waals surface area contributed by atoms with Crippen LogP contribution in [0.5, 0.6) is 0 Å². The fourth-order valence-corrected chi connectivity index (χ4v) is 1.72. The summed E-state index contributed by atoms with van der Waals surface area (Å²) in [4.78, 5) is 22.7. The van der Waals surface area contributed by atoms with Crippen molar-refractivity contribution in [2.24, 2.45) is 0 Å². The SMILES string of the molecule is O=C1CNC(C(=O)Nc2ccc(C(F)(F)F)cc2)CN1. The molecule has 5 nitrogen and oxygen atoms in total. The van der Waals surface area contributed by atoms with E-state index in [1.54, 1.807) is 0 Å². The van der Waals surface area contributed by atoms with Gasteiger partial charge in [0, 0.05) is 12.2 Å². The molecule has 3 N–H and O–H groups in total. The van der Waals surface area contributed by atoms with Crippen LogP contribution in [-0.4, -0.2) is 30.9 Å². The number of carbonyl (C=O) groups excluding carboxylic acids is 2. The normalized spacial score (nSPS) is 19.4. The van der Waals surface area contributed by atoms with E-state index in [0.717, 1.165) is 12.1 Å². The summed E-state index contributed by atoms with van der Waals surface area (Å²) in [5, 5.41) is 7.72. The molecule has 1 aromatic carbocycles. The number of piperazine rings is 1. The molecular formula is C12H12F3N3O2. The average Bonchev–Trinajstić information content (AvgIpc) is 2.39. The topological polar surface area (TPSA) is 70.2 Å². The Morgan fingerprint density at radius 1 is 1.25 bits per heavy atom. The summed E-state index contributed by atoms with van der Waals surface area (Å²) in [6.45, 7) is 0.177. The molecule has 0 saturated carbocycles. The molecule has 1 aliphatic heterocycles. The molecule has 1 aromatic rings. The van der Waals surface area contributed by atoms with Crippen LogP contribution in [0.2, 0.25) is 0 Å². The summed E-state index contributed by atoms with van der Waals surface area (Å²) in [6, 6.07) is 3.55. The lowest BCUT2D eigenvalue weighted by Crippen LogP contribution is -2.56. The molecular weight excluding hydrogens is 275 g/mol. The van der Waals surface area contributed by atoms with Crippen LogP contribution < -0.4 is 16.0 Å². The quantitative estimate of drug-likeness (QED) is 0.751. The van der Waals surface area contributed by atoms with Crippen LogP contribution >= 0.6 is 0 Å². The van der Waals surface area contributed by atoms with Crippen LogP contribution in [0, 0.1) is 0 Å². The lowest BCUT2D eigenvalue weighted by atomic mass is 10.2. The third-order valence-electron chi connectivity index (χ3n) is 2.81. The molecule has 2 amide bonds. The highest BCUT2D eigenvalue weighted by molar-refractivity contribution is 5.96. The number of amides is 2. The first-order valence-electron chi connectivity index (χ1n) is 5.84. The first-order chi connectivity index (χ1) is 9.36. The summed E-state index contributed by atoms with van der Waals surface area (Å²) in [5.74, 6) is -0.617. The molecule has 2 rings (SSSR count). The zero-order valence-electron chi connectivity index (χ0n) is 10.3. The van der Waals surface area contributed by atoms with Gasteiger partial charge < -0.3 is 10.6 Å². The van der Waals surface area contributed by atoms with Crippen LogP contribution in [0.1, 0.15) is 5.56 Å². The zero-order valence-corrected chi connectivity index (χ0v) is 10.3. The van der Waals surface area contributed by atoms with Crippen LogP contribution in [-0.2, 0) is 15.8 Å². The Morgan fingerprint density at radius 2 is 1.90 bits per heavy atom. The Bertz CT molecular complexity index is 504. The Kier molecular flexibility index (Phi) is 3.93. The molecule has 0 spiro atoms. The van der Waals surface area contributed by atoms with Gasteiger partial charge in [0.2, 0.25) is 11.8 Å². The summed E-state index contributed by atoms with van der Waals surface area (Å²) >= 11 is 0. The Balaban J connectivity index is 1.96. The number of carbonyl (C=O) groups is 2. The van der Waals surface area contributed by atoms with Gasteiger partial charge in [-0.2, -0.15) is 13.2 Å². The molecule has 0 aliphatic carbocycles. The van der Waals surface area contributed by atoms with E-state index in [-0.39, 0.29) is 24.7 Å². The van der Waals surface area contributed by atoms with Gasteiger partial charge >= 0.3 is 6.18 Å². The minimum atomic E-state index is -4.41. The molecule has 0 radical (unpaired) electrons. The maximum Gasteiger partial charge on any atom is 0.416 e. The highest BCUT2D eigenvalue weighted by atomic mass is 19.4. The van der Waals surface area contributed by atoms with E-state index in [1.165, 1.54) is 12.1 Å². The summed E-state index contributed by atoms with van der Waals surface area (Å²) in [5.41, 5.74) is -0.514. The van der Waals surface area contributed by atoms with Gasteiger partial charge in [-0.05, 0) is 24.3 Å². The van der Waals surface area contributed by atoms with Crippen LogP contribution in [0.15, 0.2) is 24.3 Å². The van der Waals surface area contributed by atoms with Crippen molar-refractivity contribution >= 4 is 17.5 Å². The summed E-state index contributed by atoms with van der Waals surface area (Å²) in [6.07, 6.45) is -4.41. The van der Waals surface area contributed by atoms with Crippen molar-refractivity contribution in [3.63, 3.8) is 0 Å². The predicted molar refractivity (Wildman–Crippen MR) is 64.9 cm³/mol. The number of hydrogen-bond acceptors (Lipinski definition) is 3. The van der Waals surface area contributed by atoms with E-state index in [1.807, 2.05) is 0 Å². The summed E-state index contributed by atoms with van der Waals surface area (Å²) in [7, 11) is 0. The fraction of sp³-hybridized carbons (Fsp3) is 0.333. The van der Waals surface area contributed by atoms with Crippen LogP contribution in [0.3, 0.4) is 0 Å². The van der Waals surface area contributed by atoms with Crippen molar-refractivity contribution in [2.45, 2.75) is 12.2 Å². The Morgan fingerprint density at radius 3 is 2.40 bits per heavy atom. The highest BCUT2D eigenvalue weighted by Crippen LogP contribution is 2.29. The number of benzene rings is 1. The number of hydrogen-bond donors (Lipinski definition) is 3. The van der Waals surface area contributed by atoms with E-state index in [2.05, 4.69) is 16.0 Å². The lowest BCUT2D eigenvalue weighted by molar-refractivity contribution is -0.137. The lowest BCUT2D eigenvalue weighted by Gasteiger charge is -2.23. The Hall–Kier alpha value is -2.09. The third-order valence-corrected chi connectivity index (χ3v) is 2.81. The van der Waals surface area contributed by atoms with Gasteiger partial charge in [-0.1, -0.05) is 0 Å². The molecule has 0 bridgehead atoms. The number of nitrogens with one attached hydrogen (secondary N) is 3. The van der Waals surface area contributed by atoms with Gasteiger partial charge in [0.25, 0.3) is 0 Å². The predicted octanol–water partition coefficient (Wildman–Crippen LogP) is 0.732. The maximum absolute atomic E-state index is 12.4. The smallest absolute Gasteiger partial charge is 0.353 e. The first kappa shape index (κ1) is 14.3. The number of rotatable bonds is 2. The van der Waals surface area contributed by atoms with Crippen molar-refractivity contribution in [1.82, 2.24) is 10.6 Å². The molecule has 20 heavy (non-hydrogen) atoms. The van der Waals surface area contributed by atoms with Crippen molar-refractivity contribution in [3.8, 4) is 0 Å². The van der Waals surface area contributed by atoms with E-state index in [0.29, 0.717) is 0 Å². The molecule has 108 valence electrons. The van der Waals surface area contributed by atoms with E-state index >= 15 is 0 Å². The molecule has 8 heteroatoms. The van der Waals surface area contributed by atoms with Gasteiger partial charge in [-0.25, -0.2) is 0 Å². The second kappa shape index (κ2) is 5.49. The second-order valence-corrected chi connectivity index (χ2v) is 4.30. The zero-order chi connectivity index (χ0) is 14.8. The van der Waals surface area contributed by atoms with Crippen LogP contribution in [0.4, 0.5) is 18.9 Å². The van der Waals surface area contributed by atoms with Gasteiger partial charge in [-0.15, -0.1) is 0 Å². The van der Waals surface area contributed by atoms with Gasteiger partial charge in [0.15, 0.2) is 0 Å². The van der Waals surface area contributed by atoms with Crippen molar-refractivity contribution < 1.29 is 22.8 Å². The summed E-state index contributed by atoms with van der Waals surface area (Å²) < 4.78 is 37.1. The molecule has 0 aromatic heterocycles. The van der Waals surface area contributed by atoms with Gasteiger partial charge in [0.05, 0.1) is 12.1 Å². The molecule has 1 atom stereocenters. The first-order valence-corrected chi connectivity index (χ1v) is 5.84. The largest absolute Gasteiger partial charge is 0.416 e. The maximum atomic E-state index is 12.4. The monoisotopic (exact) mass is 287 g/mol. The number of halogens is 3. The minimum absolute atomic E-state index is 0.0328. The molecule has 1 aliphatic rings. The van der Waals surface area contributed by atoms with Crippen molar-refractivity contribution in [2.75, 3.05) is 18.4 Å². The highest BCUT2D eigenvalue weighted by Gasteiger charge is 2.30. The van der Waals surface area contributed by atoms with Crippen molar-refractivity contribution in [3.05, 3.63) is 29.8 Å². The molecule has 1 unspecified atom stereocenters. The minimum Gasteiger partial charge on any atom is -0.353 e. The standard InChI is InChI=1S/C12H12F3N3O2/c13-12(14,15)7-1-3-8(4-2-7)18-11(20)9-5-17-10(19)6-16-9/h1-4,9,16H,5-6H2,(H,17,19)(H,18,20). The third kappa shape index (κ3) is 3.47. The van der Waals surface area contributed by atoms with Crippen molar-refractivity contribution in [1.29, 1.82) is 0 Å². The van der Waals surface area contributed by atoms with E-state index in [4.69, 9.17) is 0 Å². The molecule has 1 saturated heterocycles. The second-order valence-electron chi connectivity index (χ2n) is 4.30. The number of alkyl halides is 3. The Labute approximate surface area is 112 Å². The van der Waals surface area contributed by atoms with Gasteiger partial charge in [-0.3, -0.25) is 14.9 Å². The van der Waals surface area contributed by atoms with E-state index in [9.17, 15) is 22.8 Å². The average molecular weight is 287 g/mol. The number of anilines is 1. The van der Waals surface area contributed by atoms with Gasteiger partial charge in [0.1, 0.15) is 6.04 Å². The molecule has 1 fully saturated rings. The fourth-order valence-electron chi connectivity index (χ4n) is 1.72. The molecule has 1 heterocycles. The van der Waals surface area contributed by atoms with E-state index < -0.39 is 23.7 Å².